The van der Waals surface area contributed by atoms with E-state index in [9.17, 15) is 28.3 Å². The molecule has 0 aliphatic carbocycles. The molecule has 184 valence electrons. The lowest BCUT2D eigenvalue weighted by atomic mass is 10.2. The van der Waals surface area contributed by atoms with Gasteiger partial charge in [-0.05, 0) is 12.3 Å². The molecule has 2 rings (SSSR count). The van der Waals surface area contributed by atoms with Crippen molar-refractivity contribution in [3.8, 4) is 0 Å². The number of phosphoric acid groups is 3. The van der Waals surface area contributed by atoms with Crippen LogP contribution in [-0.4, -0.2) is 60.1 Å². The van der Waals surface area contributed by atoms with Crippen LogP contribution >= 0.6 is 45.1 Å². The Morgan fingerprint density at radius 1 is 1.25 bits per heavy atom. The largest absolute Gasteiger partial charge is 0.490 e. The first-order valence-electron chi connectivity index (χ1n) is 8.27. The summed E-state index contributed by atoms with van der Waals surface area (Å²) in [5.41, 5.74) is 4.75. The van der Waals surface area contributed by atoms with E-state index in [1.165, 1.54) is 33.9 Å². The number of anilines is 1. The van der Waals surface area contributed by atoms with Crippen molar-refractivity contribution in [2.45, 2.75) is 24.9 Å². The molecule has 0 spiro atoms. The quantitative estimate of drug-likeness (QED) is 0.103. The van der Waals surface area contributed by atoms with E-state index in [4.69, 9.17) is 25.0 Å². The molecule has 0 saturated carbocycles. The van der Waals surface area contributed by atoms with E-state index in [0.717, 1.165) is 4.57 Å². The third-order valence-corrected chi connectivity index (χ3v) is 8.87. The van der Waals surface area contributed by atoms with Crippen molar-refractivity contribution in [1.29, 1.82) is 0 Å². The van der Waals surface area contributed by atoms with Gasteiger partial charge in [-0.25, -0.2) is 18.5 Å². The molecule has 21 heteroatoms. The Kier molecular flexibility index (Phi) is 9.98. The average molecular weight is 559 g/mol. The van der Waals surface area contributed by atoms with Crippen LogP contribution in [0.25, 0.3) is 0 Å². The molecule has 0 bridgehead atoms. The highest BCUT2D eigenvalue weighted by Crippen LogP contribution is 2.66. The van der Waals surface area contributed by atoms with Crippen LogP contribution in [0.1, 0.15) is 12.6 Å². The zero-order chi connectivity index (χ0) is 24.2. The molecule has 1 fully saturated rings. The standard InChI is InChI=1S/C11H20N3O13P3S2/c1-31-32-6-23-7-4-10(14-3-2-9(12)13-11(14)15)25-8(7)5-24-29(19,20)27-30(21,22)26-28(16,17)18/h2-3,7-8,10H,4-6H2,1H3,(H,19,20)(H,21,22)(H2,12,13,15)(H2,16,17,18)/t7-,8+,10+/m0/s1. The van der Waals surface area contributed by atoms with Gasteiger partial charge in [0, 0.05) is 12.6 Å². The van der Waals surface area contributed by atoms with Gasteiger partial charge < -0.3 is 34.8 Å². The number of nitrogen functional groups attached to an aromatic ring is 1. The summed E-state index contributed by atoms with van der Waals surface area (Å²) >= 11 is 0. The van der Waals surface area contributed by atoms with Crippen LogP contribution in [0, 0.1) is 0 Å². The molecule has 0 amide bonds. The van der Waals surface area contributed by atoms with Crippen LogP contribution in [0.3, 0.4) is 0 Å². The molecule has 1 saturated heterocycles. The first-order chi connectivity index (χ1) is 14.7. The average Bonchev–Trinajstić information content (AvgIpc) is 3.00. The number of phosphoric ester groups is 1. The molecule has 5 atom stereocenters. The van der Waals surface area contributed by atoms with E-state index in [1.54, 1.807) is 0 Å². The maximum absolute atomic E-state index is 12.1. The van der Waals surface area contributed by atoms with Gasteiger partial charge in [0.25, 0.3) is 0 Å². The summed E-state index contributed by atoms with van der Waals surface area (Å²) in [6.07, 6.45) is 0.593. The predicted molar refractivity (Wildman–Crippen MR) is 112 cm³/mol. The molecule has 0 aromatic carbocycles. The number of hydrogen-bond acceptors (Lipinski definition) is 13. The van der Waals surface area contributed by atoms with E-state index in [1.807, 2.05) is 6.26 Å². The predicted octanol–water partition coefficient (Wildman–Crippen LogP) is 0.810. The second-order valence-electron chi connectivity index (χ2n) is 5.90. The molecule has 1 aliphatic rings. The fourth-order valence-corrected chi connectivity index (χ4v) is 6.29. The molecular weight excluding hydrogens is 539 g/mol. The SMILES string of the molecule is CSSCO[C@H]1C[C@H](n2ccc(N)nc2=O)O[C@@H]1COP(=O)(O)OP(=O)(O)OP(=O)(O)O. The summed E-state index contributed by atoms with van der Waals surface area (Å²) in [5.74, 6) is 0.195. The number of hydrogen-bond donors (Lipinski definition) is 5. The van der Waals surface area contributed by atoms with E-state index in [2.05, 4.69) is 18.1 Å². The molecule has 1 aromatic heterocycles. The van der Waals surface area contributed by atoms with Crippen molar-refractivity contribution in [1.82, 2.24) is 9.55 Å². The molecule has 6 N–H and O–H groups in total. The lowest BCUT2D eigenvalue weighted by molar-refractivity contribution is -0.0542. The maximum atomic E-state index is 12.1. The highest BCUT2D eigenvalue weighted by atomic mass is 33.1. The van der Waals surface area contributed by atoms with Gasteiger partial charge in [-0.15, -0.1) is 0 Å². The highest BCUT2D eigenvalue weighted by Gasteiger charge is 2.43. The summed E-state index contributed by atoms with van der Waals surface area (Å²) in [7, 11) is -13.7. The van der Waals surface area contributed by atoms with Crippen molar-refractivity contribution < 1.29 is 55.9 Å². The first-order valence-corrected chi connectivity index (χ1v) is 15.5. The Labute approximate surface area is 188 Å². The lowest BCUT2D eigenvalue weighted by Gasteiger charge is -2.21. The Morgan fingerprint density at radius 3 is 2.53 bits per heavy atom. The van der Waals surface area contributed by atoms with Gasteiger partial charge in [-0.2, -0.15) is 13.6 Å². The van der Waals surface area contributed by atoms with Gasteiger partial charge in [0.2, 0.25) is 0 Å². The summed E-state index contributed by atoms with van der Waals surface area (Å²) in [5, 5.41) is 0. The first kappa shape index (κ1) is 28.0. The minimum absolute atomic E-state index is 0.00220. The Hall–Kier alpha value is -0.290. The minimum Gasteiger partial charge on any atom is -0.383 e. The van der Waals surface area contributed by atoms with Gasteiger partial charge in [0.15, 0.2) is 0 Å². The number of rotatable bonds is 12. The second kappa shape index (κ2) is 11.4. The molecule has 2 unspecified atom stereocenters. The monoisotopic (exact) mass is 559 g/mol. The molecular formula is C11H20N3O13P3S2. The van der Waals surface area contributed by atoms with Gasteiger partial charge in [0.05, 0.1) is 12.7 Å². The summed E-state index contributed by atoms with van der Waals surface area (Å²) in [6, 6.07) is 1.36. The number of aromatic nitrogens is 2. The van der Waals surface area contributed by atoms with Crippen LogP contribution in [0.4, 0.5) is 5.82 Å². The third-order valence-electron chi connectivity index (χ3n) is 3.61. The van der Waals surface area contributed by atoms with Crippen molar-refractivity contribution in [2.75, 3.05) is 24.5 Å². The zero-order valence-corrected chi connectivity index (χ0v) is 20.4. The van der Waals surface area contributed by atoms with E-state index in [-0.39, 0.29) is 18.2 Å². The highest BCUT2D eigenvalue weighted by molar-refractivity contribution is 8.76. The van der Waals surface area contributed by atoms with Gasteiger partial charge in [-0.1, -0.05) is 21.6 Å². The molecule has 16 nitrogen and oxygen atoms in total. The Balaban J connectivity index is 2.08. The molecule has 1 aliphatic heterocycles. The number of ether oxygens (including phenoxy) is 2. The van der Waals surface area contributed by atoms with Crippen LogP contribution in [0.2, 0.25) is 0 Å². The summed E-state index contributed by atoms with van der Waals surface area (Å²) < 4.78 is 58.4. The van der Waals surface area contributed by atoms with Crippen LogP contribution < -0.4 is 11.4 Å². The second-order valence-corrected chi connectivity index (χ2v) is 12.8. The molecule has 1 aromatic rings. The van der Waals surface area contributed by atoms with Gasteiger partial charge in [0.1, 0.15) is 24.1 Å². The van der Waals surface area contributed by atoms with Gasteiger partial charge >= 0.3 is 29.2 Å². The number of nitrogens with zero attached hydrogens (tertiary/aromatic N) is 2. The fourth-order valence-electron chi connectivity index (χ4n) is 2.48. The normalized spacial score (nSPS) is 25.3. The summed E-state index contributed by atoms with van der Waals surface area (Å²) in [4.78, 5) is 51.6. The van der Waals surface area contributed by atoms with Crippen molar-refractivity contribution in [2.24, 2.45) is 0 Å². The third kappa shape index (κ3) is 9.16. The van der Waals surface area contributed by atoms with Crippen molar-refractivity contribution in [3.05, 3.63) is 22.7 Å². The van der Waals surface area contributed by atoms with Crippen LogP contribution in [0.5, 0.6) is 0 Å². The Morgan fingerprint density at radius 2 is 1.94 bits per heavy atom. The van der Waals surface area contributed by atoms with Crippen LogP contribution in [0.15, 0.2) is 17.1 Å². The maximum Gasteiger partial charge on any atom is 0.490 e. The van der Waals surface area contributed by atoms with Crippen LogP contribution in [-0.2, 0) is 36.3 Å². The van der Waals surface area contributed by atoms with E-state index in [0.29, 0.717) is 0 Å². The summed E-state index contributed by atoms with van der Waals surface area (Å²) in [6.45, 7) is -0.716. The minimum atomic E-state index is -5.65. The fraction of sp³-hybridized carbons (Fsp3) is 0.636. The topological polar surface area (TPSA) is 239 Å². The van der Waals surface area contributed by atoms with Crippen molar-refractivity contribution >= 4 is 50.9 Å². The van der Waals surface area contributed by atoms with Crippen molar-refractivity contribution in [3.63, 3.8) is 0 Å². The van der Waals surface area contributed by atoms with E-state index < -0.39 is 54.2 Å². The molecule has 32 heavy (non-hydrogen) atoms. The smallest absolute Gasteiger partial charge is 0.383 e. The molecule has 0 radical (unpaired) electrons. The molecule has 2 heterocycles. The lowest BCUT2D eigenvalue weighted by Crippen LogP contribution is -2.29. The number of nitrogens with two attached hydrogens (primary N) is 1. The zero-order valence-electron chi connectivity index (χ0n) is 16.1. The van der Waals surface area contributed by atoms with E-state index >= 15 is 0 Å². The Bertz CT molecular complexity index is 989. The van der Waals surface area contributed by atoms with Gasteiger partial charge in [-0.3, -0.25) is 9.09 Å².